The van der Waals surface area contributed by atoms with Crippen LogP contribution in [0.2, 0.25) is 0 Å². The van der Waals surface area contributed by atoms with Gasteiger partial charge in [0, 0.05) is 29.5 Å². The molecule has 0 saturated heterocycles. The third-order valence-electron chi connectivity index (χ3n) is 5.43. The van der Waals surface area contributed by atoms with Crippen molar-refractivity contribution in [1.29, 1.82) is 0 Å². The van der Waals surface area contributed by atoms with Crippen LogP contribution in [0, 0.1) is 22.0 Å². The van der Waals surface area contributed by atoms with Gasteiger partial charge in [0.1, 0.15) is 5.75 Å². The van der Waals surface area contributed by atoms with Crippen LogP contribution in [-0.2, 0) is 15.1 Å². The highest BCUT2D eigenvalue weighted by atomic mass is 16.6. The Labute approximate surface area is 160 Å². The molecule has 142 valence electrons. The molecule has 1 fully saturated rings. The Hall–Kier alpha value is -3.48. The van der Waals surface area contributed by atoms with Gasteiger partial charge in [0.15, 0.2) is 5.78 Å². The number of Topliss-reactive ketones (excluding diaryl/α,β-unsaturated/α-hetero) is 1. The van der Waals surface area contributed by atoms with Crippen LogP contribution in [0.4, 0.5) is 5.69 Å². The summed E-state index contributed by atoms with van der Waals surface area (Å²) in [5.41, 5.74) is -0.812. The molecule has 1 saturated carbocycles. The van der Waals surface area contributed by atoms with Crippen LogP contribution in [0.15, 0.2) is 60.7 Å². The lowest BCUT2D eigenvalue weighted by molar-refractivity contribution is -0.384. The Morgan fingerprint density at radius 3 is 2.43 bits per heavy atom. The van der Waals surface area contributed by atoms with Gasteiger partial charge in [0.2, 0.25) is 5.60 Å². The smallest absolute Gasteiger partial charge is 0.339 e. The minimum absolute atomic E-state index is 0.0920. The van der Waals surface area contributed by atoms with Gasteiger partial charge in [-0.2, -0.15) is 0 Å². The van der Waals surface area contributed by atoms with E-state index in [2.05, 4.69) is 0 Å². The Balaban J connectivity index is 1.70. The Morgan fingerprint density at radius 1 is 1.14 bits per heavy atom. The van der Waals surface area contributed by atoms with Crippen molar-refractivity contribution in [3.05, 3.63) is 81.9 Å². The molecule has 3 atom stereocenters. The third-order valence-corrected chi connectivity index (χ3v) is 5.43. The van der Waals surface area contributed by atoms with Crippen molar-refractivity contribution in [1.82, 2.24) is 0 Å². The lowest BCUT2D eigenvalue weighted by Gasteiger charge is -2.49. The Bertz CT molecular complexity index is 979. The molecular formula is C21H17NO6. The summed E-state index contributed by atoms with van der Waals surface area (Å²) in [6, 6.07) is 12.0. The predicted molar refractivity (Wildman–Crippen MR) is 98.9 cm³/mol. The van der Waals surface area contributed by atoms with Crippen LogP contribution in [-0.4, -0.2) is 23.8 Å². The number of benzene rings is 2. The SMILES string of the molecule is COc1ccc(C(=O)O[C@]2(c3ccc([N+](=O)[O-])cc3)C(=O)[C@H]3CC=C[C@H]32)cc1. The zero-order chi connectivity index (χ0) is 19.9. The summed E-state index contributed by atoms with van der Waals surface area (Å²) in [7, 11) is 1.52. The Kier molecular flexibility index (Phi) is 4.22. The number of carbonyl (C=O) groups excluding carboxylic acids is 2. The fraction of sp³-hybridized carbons (Fsp3) is 0.238. The fourth-order valence-electron chi connectivity index (χ4n) is 3.96. The second-order valence-corrected chi connectivity index (χ2v) is 6.82. The van der Waals surface area contributed by atoms with E-state index in [-0.39, 0.29) is 23.3 Å². The largest absolute Gasteiger partial charge is 0.497 e. The molecule has 2 aliphatic carbocycles. The number of nitro groups is 1. The maximum absolute atomic E-state index is 13.0. The van der Waals surface area contributed by atoms with Crippen molar-refractivity contribution in [2.75, 3.05) is 7.11 Å². The summed E-state index contributed by atoms with van der Waals surface area (Å²) in [6.07, 6.45) is 4.40. The van der Waals surface area contributed by atoms with Crippen molar-refractivity contribution in [3.63, 3.8) is 0 Å². The number of ether oxygens (including phenoxy) is 2. The van der Waals surface area contributed by atoms with Crippen molar-refractivity contribution in [2.24, 2.45) is 11.8 Å². The number of nitro benzene ring substituents is 1. The quantitative estimate of drug-likeness (QED) is 0.342. The van der Waals surface area contributed by atoms with E-state index in [9.17, 15) is 19.7 Å². The number of allylic oxidation sites excluding steroid dienone is 1. The number of esters is 1. The lowest BCUT2D eigenvalue weighted by atomic mass is 9.58. The second-order valence-electron chi connectivity index (χ2n) is 6.82. The average molecular weight is 379 g/mol. The summed E-state index contributed by atoms with van der Waals surface area (Å²) in [5.74, 6) is -0.714. The van der Waals surface area contributed by atoms with E-state index >= 15 is 0 Å². The first-order valence-corrected chi connectivity index (χ1v) is 8.80. The number of ketones is 1. The second kappa shape index (κ2) is 6.60. The highest BCUT2D eigenvalue weighted by molar-refractivity contribution is 6.02. The van der Waals surface area contributed by atoms with Crippen molar-refractivity contribution < 1.29 is 24.0 Å². The Morgan fingerprint density at radius 2 is 1.82 bits per heavy atom. The molecule has 7 nitrogen and oxygen atoms in total. The van der Waals surface area contributed by atoms with E-state index in [0.29, 0.717) is 23.3 Å². The molecule has 28 heavy (non-hydrogen) atoms. The van der Waals surface area contributed by atoms with Gasteiger partial charge in [-0.25, -0.2) is 4.79 Å². The summed E-state index contributed by atoms with van der Waals surface area (Å²) in [4.78, 5) is 36.2. The molecule has 2 aromatic rings. The minimum atomic E-state index is -1.45. The number of hydrogen-bond acceptors (Lipinski definition) is 6. The van der Waals surface area contributed by atoms with E-state index < -0.39 is 16.5 Å². The van der Waals surface area contributed by atoms with Crippen LogP contribution >= 0.6 is 0 Å². The van der Waals surface area contributed by atoms with Crippen molar-refractivity contribution in [3.8, 4) is 5.75 Å². The molecule has 0 spiro atoms. The maximum atomic E-state index is 13.0. The molecule has 0 bridgehead atoms. The molecule has 0 aliphatic heterocycles. The minimum Gasteiger partial charge on any atom is -0.497 e. The van der Waals surface area contributed by atoms with Crippen LogP contribution in [0.3, 0.4) is 0 Å². The number of carbonyl (C=O) groups is 2. The molecule has 2 aliphatic rings. The van der Waals surface area contributed by atoms with Gasteiger partial charge in [0.05, 0.1) is 17.6 Å². The van der Waals surface area contributed by atoms with Crippen molar-refractivity contribution >= 4 is 17.4 Å². The van der Waals surface area contributed by atoms with E-state index in [1.165, 1.54) is 31.4 Å². The molecule has 0 heterocycles. The van der Waals surface area contributed by atoms with Crippen LogP contribution in [0.1, 0.15) is 22.3 Å². The van der Waals surface area contributed by atoms with E-state index in [4.69, 9.17) is 9.47 Å². The van der Waals surface area contributed by atoms with Gasteiger partial charge in [0.25, 0.3) is 5.69 Å². The molecular weight excluding hydrogens is 362 g/mol. The van der Waals surface area contributed by atoms with Gasteiger partial charge in [-0.05, 0) is 42.8 Å². The normalized spacial score (nSPS) is 25.0. The first-order chi connectivity index (χ1) is 13.5. The molecule has 0 aromatic heterocycles. The maximum Gasteiger partial charge on any atom is 0.339 e. The number of rotatable bonds is 5. The van der Waals surface area contributed by atoms with Crippen LogP contribution < -0.4 is 4.74 Å². The zero-order valence-corrected chi connectivity index (χ0v) is 15.0. The topological polar surface area (TPSA) is 95.7 Å². The van der Waals surface area contributed by atoms with E-state index in [1.807, 2.05) is 12.2 Å². The molecule has 0 unspecified atom stereocenters. The van der Waals surface area contributed by atoms with Gasteiger partial charge >= 0.3 is 5.97 Å². The highest BCUT2D eigenvalue weighted by Crippen LogP contribution is 2.55. The predicted octanol–water partition coefficient (Wildman–Crippen LogP) is 3.43. The summed E-state index contributed by atoms with van der Waals surface area (Å²) in [6.45, 7) is 0. The monoisotopic (exact) mass is 379 g/mol. The zero-order valence-electron chi connectivity index (χ0n) is 15.0. The average Bonchev–Trinajstić information content (AvgIpc) is 3.18. The first-order valence-electron chi connectivity index (χ1n) is 8.80. The van der Waals surface area contributed by atoms with E-state index in [1.54, 1.807) is 24.3 Å². The van der Waals surface area contributed by atoms with Gasteiger partial charge in [-0.3, -0.25) is 14.9 Å². The van der Waals surface area contributed by atoms with Crippen molar-refractivity contribution in [2.45, 2.75) is 12.0 Å². The number of methoxy groups -OCH3 is 1. The van der Waals surface area contributed by atoms with Crippen LogP contribution in [0.5, 0.6) is 5.75 Å². The molecule has 0 N–H and O–H groups in total. The first kappa shape index (κ1) is 17.9. The lowest BCUT2D eigenvalue weighted by Crippen LogP contribution is -2.61. The summed E-state index contributed by atoms with van der Waals surface area (Å²) < 4.78 is 10.9. The van der Waals surface area contributed by atoms with E-state index in [0.717, 1.165) is 0 Å². The highest BCUT2D eigenvalue weighted by Gasteiger charge is 2.65. The molecule has 7 heteroatoms. The van der Waals surface area contributed by atoms with Crippen LogP contribution in [0.25, 0.3) is 0 Å². The molecule has 2 aromatic carbocycles. The van der Waals surface area contributed by atoms with Gasteiger partial charge in [-0.15, -0.1) is 0 Å². The summed E-state index contributed by atoms with van der Waals surface area (Å²) in [5, 5.41) is 10.9. The fourth-order valence-corrected chi connectivity index (χ4v) is 3.96. The number of non-ortho nitro benzene ring substituents is 1. The van der Waals surface area contributed by atoms with Gasteiger partial charge in [-0.1, -0.05) is 12.2 Å². The molecule has 0 radical (unpaired) electrons. The number of nitrogens with zero attached hydrogens (tertiary/aromatic N) is 1. The molecule has 4 rings (SSSR count). The summed E-state index contributed by atoms with van der Waals surface area (Å²) >= 11 is 0. The number of hydrogen-bond donors (Lipinski definition) is 0. The third kappa shape index (κ3) is 2.58. The number of fused-ring (bicyclic) bond motifs is 1. The molecule has 0 amide bonds. The standard InChI is InChI=1S/C21H17NO6/c1-27-16-11-5-13(6-12-16)20(24)28-21(18-4-2-3-17(18)19(21)23)14-7-9-15(10-8-14)22(25)26/h2,4-12,17-18H,3H2,1H3/t17-,18+,21-/m0/s1. The van der Waals surface area contributed by atoms with Gasteiger partial charge < -0.3 is 9.47 Å².